The second kappa shape index (κ2) is 9.90. The molecule has 0 radical (unpaired) electrons. The summed E-state index contributed by atoms with van der Waals surface area (Å²) in [5.74, 6) is 0.0371. The van der Waals surface area contributed by atoms with E-state index >= 15 is 0 Å². The Morgan fingerprint density at radius 1 is 1.20 bits per heavy atom. The van der Waals surface area contributed by atoms with E-state index in [4.69, 9.17) is 10.1 Å². The molecule has 8 heteroatoms. The molecule has 0 unspecified atom stereocenters. The Balaban J connectivity index is 1.73. The van der Waals surface area contributed by atoms with Crippen molar-refractivity contribution in [3.05, 3.63) is 22.4 Å². The summed E-state index contributed by atoms with van der Waals surface area (Å²) in [5.41, 5.74) is 4.20. The van der Waals surface area contributed by atoms with Gasteiger partial charge in [0.15, 0.2) is 0 Å². The number of fused-ring (bicyclic) bond motifs is 1. The lowest BCUT2D eigenvalue weighted by molar-refractivity contribution is -0.146. The summed E-state index contributed by atoms with van der Waals surface area (Å²) in [4.78, 5) is 32.9. The fourth-order valence-corrected chi connectivity index (χ4v) is 4.25. The number of aliphatic hydroxyl groups excluding tert-OH is 1. The van der Waals surface area contributed by atoms with Gasteiger partial charge in [-0.05, 0) is 49.1 Å². The van der Waals surface area contributed by atoms with Crippen molar-refractivity contribution in [2.75, 3.05) is 44.2 Å². The van der Waals surface area contributed by atoms with Crippen LogP contribution in [0.15, 0.2) is 0 Å². The van der Waals surface area contributed by atoms with Crippen LogP contribution in [-0.4, -0.2) is 66.1 Å². The number of nitrogens with one attached hydrogen (secondary N) is 1. The maximum absolute atomic E-state index is 12.4. The second-order valence-corrected chi connectivity index (χ2v) is 8.39. The van der Waals surface area contributed by atoms with Crippen molar-refractivity contribution in [1.29, 1.82) is 5.26 Å². The molecule has 162 valence electrons. The number of aliphatic hydroxyl groups is 1. The molecule has 2 N–H and O–H groups in total. The van der Waals surface area contributed by atoms with Gasteiger partial charge < -0.3 is 20.2 Å². The molecule has 1 aliphatic carbocycles. The van der Waals surface area contributed by atoms with Crippen LogP contribution in [0.25, 0.3) is 0 Å². The second-order valence-electron chi connectivity index (χ2n) is 8.39. The van der Waals surface area contributed by atoms with Gasteiger partial charge in [-0.25, -0.2) is 4.98 Å². The fourth-order valence-electron chi connectivity index (χ4n) is 4.25. The Morgan fingerprint density at radius 2 is 1.90 bits per heavy atom. The molecule has 8 nitrogen and oxygen atoms in total. The van der Waals surface area contributed by atoms with Crippen molar-refractivity contribution in [3.8, 4) is 6.07 Å². The van der Waals surface area contributed by atoms with Crippen molar-refractivity contribution >= 4 is 17.6 Å². The van der Waals surface area contributed by atoms with E-state index in [1.807, 2.05) is 0 Å². The summed E-state index contributed by atoms with van der Waals surface area (Å²) in [7, 11) is 0. The highest BCUT2D eigenvalue weighted by Gasteiger charge is 2.30. The molecule has 1 aromatic heterocycles. The lowest BCUT2D eigenvalue weighted by Crippen LogP contribution is -2.53. The summed E-state index contributed by atoms with van der Waals surface area (Å²) in [6, 6.07) is 2.39. The molecule has 1 saturated heterocycles. The van der Waals surface area contributed by atoms with Gasteiger partial charge in [-0.15, -0.1) is 0 Å². The Labute approximate surface area is 177 Å². The van der Waals surface area contributed by atoms with Crippen LogP contribution in [0, 0.1) is 17.2 Å². The highest BCUT2D eigenvalue weighted by atomic mass is 16.3. The molecule has 1 aliphatic heterocycles. The van der Waals surface area contributed by atoms with Crippen LogP contribution in [-0.2, 0) is 28.9 Å². The van der Waals surface area contributed by atoms with Crippen molar-refractivity contribution < 1.29 is 14.7 Å². The van der Waals surface area contributed by atoms with Gasteiger partial charge in [-0.1, -0.05) is 13.8 Å². The lowest BCUT2D eigenvalue weighted by atomic mass is 9.97. The minimum atomic E-state index is -0.635. The van der Waals surface area contributed by atoms with Gasteiger partial charge in [0.25, 0.3) is 0 Å². The number of carbonyl (C=O) groups is 2. The monoisotopic (exact) mass is 413 g/mol. The first-order valence-corrected chi connectivity index (χ1v) is 10.8. The molecule has 0 bridgehead atoms. The number of aromatic nitrogens is 1. The quantitative estimate of drug-likeness (QED) is 0.527. The van der Waals surface area contributed by atoms with Crippen LogP contribution in [0.3, 0.4) is 0 Å². The van der Waals surface area contributed by atoms with Gasteiger partial charge in [0, 0.05) is 45.0 Å². The zero-order valence-electron chi connectivity index (χ0n) is 17.9. The van der Waals surface area contributed by atoms with E-state index in [0.29, 0.717) is 44.1 Å². The van der Waals surface area contributed by atoms with E-state index in [1.54, 1.807) is 4.90 Å². The lowest BCUT2D eigenvalue weighted by Gasteiger charge is -2.36. The van der Waals surface area contributed by atoms with Crippen LogP contribution < -0.4 is 10.2 Å². The van der Waals surface area contributed by atoms with Crippen molar-refractivity contribution in [2.24, 2.45) is 5.92 Å². The number of hydrogen-bond acceptors (Lipinski definition) is 6. The number of nitrogens with zero attached hydrogens (tertiary/aromatic N) is 4. The molecule has 1 aromatic rings. The maximum Gasteiger partial charge on any atom is 0.312 e. The summed E-state index contributed by atoms with van der Waals surface area (Å²) >= 11 is 0. The zero-order chi connectivity index (χ0) is 21.7. The third-order valence-electron chi connectivity index (χ3n) is 5.73. The molecular weight excluding hydrogens is 382 g/mol. The van der Waals surface area contributed by atoms with Crippen LogP contribution >= 0.6 is 0 Å². The number of hydrogen-bond donors (Lipinski definition) is 2. The Kier molecular flexibility index (Phi) is 7.27. The molecule has 1 fully saturated rings. The van der Waals surface area contributed by atoms with E-state index in [9.17, 15) is 14.9 Å². The number of pyridine rings is 1. The first-order chi connectivity index (χ1) is 14.5. The summed E-state index contributed by atoms with van der Waals surface area (Å²) in [5, 5.41) is 21.2. The topological polar surface area (TPSA) is 110 Å². The zero-order valence-corrected chi connectivity index (χ0v) is 17.9. The van der Waals surface area contributed by atoms with Crippen molar-refractivity contribution in [2.45, 2.75) is 46.0 Å². The minimum Gasteiger partial charge on any atom is -0.396 e. The molecule has 2 aliphatic rings. The Hall–Kier alpha value is -2.66. The standard InChI is InChI=1S/C22H31N5O3/c1-15(2)13-19-17-6-3-5-16(17)18(14-23)20(25-19)26-8-10-27(11-9-26)22(30)21(29)24-7-4-12-28/h15,28H,3-13H2,1-2H3,(H,24,29). The van der Waals surface area contributed by atoms with Gasteiger partial charge in [0.1, 0.15) is 11.9 Å². The number of amides is 2. The van der Waals surface area contributed by atoms with Gasteiger partial charge in [0.05, 0.1) is 5.56 Å². The number of carbonyl (C=O) groups excluding carboxylic acids is 2. The van der Waals surface area contributed by atoms with Crippen LogP contribution in [0.5, 0.6) is 0 Å². The molecule has 30 heavy (non-hydrogen) atoms. The molecule has 2 heterocycles. The van der Waals surface area contributed by atoms with E-state index in [1.165, 1.54) is 5.56 Å². The van der Waals surface area contributed by atoms with Gasteiger partial charge in [-0.2, -0.15) is 5.26 Å². The average Bonchev–Trinajstić information content (AvgIpc) is 3.23. The van der Waals surface area contributed by atoms with Gasteiger partial charge >= 0.3 is 11.8 Å². The maximum atomic E-state index is 12.4. The highest BCUT2D eigenvalue weighted by molar-refractivity contribution is 6.35. The number of piperazine rings is 1. The van der Waals surface area contributed by atoms with Crippen molar-refractivity contribution in [1.82, 2.24) is 15.2 Å². The fraction of sp³-hybridized carbons (Fsp3) is 0.636. The van der Waals surface area contributed by atoms with Crippen LogP contribution in [0.1, 0.15) is 49.1 Å². The van der Waals surface area contributed by atoms with Gasteiger partial charge in [0.2, 0.25) is 0 Å². The molecular formula is C22H31N5O3. The highest BCUT2D eigenvalue weighted by Crippen LogP contribution is 2.34. The van der Waals surface area contributed by atoms with E-state index in [-0.39, 0.29) is 13.2 Å². The van der Waals surface area contributed by atoms with E-state index in [2.05, 4.69) is 30.1 Å². The summed E-state index contributed by atoms with van der Waals surface area (Å²) in [6.07, 6.45) is 4.30. The smallest absolute Gasteiger partial charge is 0.312 e. The largest absolute Gasteiger partial charge is 0.396 e. The molecule has 0 atom stereocenters. The third-order valence-corrected chi connectivity index (χ3v) is 5.73. The number of anilines is 1. The molecule has 2 amide bonds. The third kappa shape index (κ3) is 4.73. The molecule has 3 rings (SSSR count). The molecule has 0 saturated carbocycles. The number of nitriles is 1. The van der Waals surface area contributed by atoms with E-state index < -0.39 is 11.8 Å². The van der Waals surface area contributed by atoms with E-state index in [0.717, 1.165) is 42.8 Å². The van der Waals surface area contributed by atoms with Crippen LogP contribution in [0.2, 0.25) is 0 Å². The minimum absolute atomic E-state index is 0.0268. The predicted molar refractivity (Wildman–Crippen MR) is 113 cm³/mol. The molecule has 0 spiro atoms. The average molecular weight is 414 g/mol. The molecule has 0 aromatic carbocycles. The first-order valence-electron chi connectivity index (χ1n) is 10.8. The first kappa shape index (κ1) is 22.0. The normalized spacial score (nSPS) is 15.8. The SMILES string of the molecule is CC(C)Cc1nc(N2CCN(C(=O)C(=O)NCCCO)CC2)c(C#N)c2c1CCC2. The van der Waals surface area contributed by atoms with Crippen molar-refractivity contribution in [3.63, 3.8) is 0 Å². The summed E-state index contributed by atoms with van der Waals surface area (Å²) < 4.78 is 0. The Morgan fingerprint density at radius 3 is 2.53 bits per heavy atom. The number of rotatable bonds is 6. The van der Waals surface area contributed by atoms with Crippen LogP contribution in [0.4, 0.5) is 5.82 Å². The Bertz CT molecular complexity index is 838. The van der Waals surface area contributed by atoms with Gasteiger partial charge in [-0.3, -0.25) is 9.59 Å². The summed E-state index contributed by atoms with van der Waals surface area (Å²) in [6.45, 7) is 6.51. The predicted octanol–water partition coefficient (Wildman–Crippen LogP) is 0.788.